The van der Waals surface area contributed by atoms with Crippen molar-refractivity contribution in [1.82, 2.24) is 4.57 Å². The van der Waals surface area contributed by atoms with E-state index in [4.69, 9.17) is 26.4 Å². The van der Waals surface area contributed by atoms with Crippen LogP contribution in [0.25, 0.3) is 10.9 Å². The van der Waals surface area contributed by atoms with Gasteiger partial charge in [-0.05, 0) is 36.4 Å². The summed E-state index contributed by atoms with van der Waals surface area (Å²) in [6.45, 7) is 0. The van der Waals surface area contributed by atoms with Gasteiger partial charge in [0.25, 0.3) is 0 Å². The third kappa shape index (κ3) is 3.25. The van der Waals surface area contributed by atoms with Gasteiger partial charge in [0.05, 0.1) is 21.3 Å². The number of nitrogens with zero attached hydrogens (tertiary/aromatic N) is 1. The molecule has 0 unspecified atom stereocenters. The van der Waals surface area contributed by atoms with Crippen LogP contribution in [0.5, 0.6) is 17.2 Å². The maximum Gasteiger partial charge on any atom is 0.203 e. The van der Waals surface area contributed by atoms with Gasteiger partial charge in [0.15, 0.2) is 11.5 Å². The molecule has 0 amide bonds. The molecule has 0 bridgehead atoms. The molecule has 0 saturated carbocycles. The molecule has 0 aliphatic carbocycles. The second-order valence-electron chi connectivity index (χ2n) is 5.57. The van der Waals surface area contributed by atoms with Crippen LogP contribution in [0.1, 0.15) is 5.56 Å². The van der Waals surface area contributed by atoms with Gasteiger partial charge in [-0.1, -0.05) is 12.2 Å². The van der Waals surface area contributed by atoms with E-state index < -0.39 is 0 Å². The Labute approximate surface area is 152 Å². The van der Waals surface area contributed by atoms with E-state index in [1.165, 1.54) is 5.52 Å². The quantitative estimate of drug-likeness (QED) is 0.700. The molecule has 6 heteroatoms. The van der Waals surface area contributed by atoms with Crippen molar-refractivity contribution in [3.05, 3.63) is 48.2 Å². The number of benzene rings is 2. The summed E-state index contributed by atoms with van der Waals surface area (Å²) >= 11 is 5.56. The number of fused-ring (bicyclic) bond motifs is 1. The second kappa shape index (κ2) is 7.03. The third-order valence-corrected chi connectivity index (χ3v) is 4.41. The van der Waals surface area contributed by atoms with E-state index in [2.05, 4.69) is 28.1 Å². The number of aryl methyl sites for hydroxylation is 1. The van der Waals surface area contributed by atoms with E-state index in [1.54, 1.807) is 21.3 Å². The summed E-state index contributed by atoms with van der Waals surface area (Å²) in [4.78, 5) is 0.578. The maximum absolute atomic E-state index is 5.56. The molecule has 0 aliphatic heterocycles. The van der Waals surface area contributed by atoms with Gasteiger partial charge in [0.2, 0.25) is 5.75 Å². The average molecular weight is 356 g/mol. The van der Waals surface area contributed by atoms with E-state index in [-0.39, 0.29) is 0 Å². The molecule has 0 spiro atoms. The number of anilines is 1. The first-order valence-electron chi connectivity index (χ1n) is 7.74. The minimum Gasteiger partial charge on any atom is -0.493 e. The summed E-state index contributed by atoms with van der Waals surface area (Å²) in [7, 11) is 6.77. The lowest BCUT2D eigenvalue weighted by Crippen LogP contribution is -2.11. The van der Waals surface area contributed by atoms with Crippen LogP contribution in [0.4, 0.5) is 5.69 Å². The number of rotatable bonds is 5. The fourth-order valence-corrected chi connectivity index (χ4v) is 3.01. The standard InChI is InChI=1S/C19H20N2O3S/c1-21-8-7-12-9-14(5-6-15(12)21)20-19(25)13-10-16(22-2)18(24-4)17(11-13)23-3/h5-11H,1-4H3,(H,20,25). The number of ether oxygens (including phenoxy) is 3. The Kier molecular flexibility index (Phi) is 4.81. The van der Waals surface area contributed by atoms with Crippen molar-refractivity contribution in [1.29, 1.82) is 0 Å². The van der Waals surface area contributed by atoms with Crippen LogP contribution in [-0.4, -0.2) is 30.9 Å². The molecule has 0 radical (unpaired) electrons. The van der Waals surface area contributed by atoms with Gasteiger partial charge < -0.3 is 24.1 Å². The van der Waals surface area contributed by atoms with E-state index in [9.17, 15) is 0 Å². The van der Waals surface area contributed by atoms with Gasteiger partial charge in [0.1, 0.15) is 4.99 Å². The van der Waals surface area contributed by atoms with Crippen LogP contribution in [0.2, 0.25) is 0 Å². The fourth-order valence-electron chi connectivity index (χ4n) is 2.77. The molecule has 0 atom stereocenters. The first kappa shape index (κ1) is 17.1. The molecule has 5 nitrogen and oxygen atoms in total. The van der Waals surface area contributed by atoms with Gasteiger partial charge in [-0.25, -0.2) is 0 Å². The Morgan fingerprint density at radius 3 is 2.24 bits per heavy atom. The van der Waals surface area contributed by atoms with Crippen molar-refractivity contribution in [2.24, 2.45) is 7.05 Å². The Balaban J connectivity index is 1.91. The molecule has 1 N–H and O–H groups in total. The van der Waals surface area contributed by atoms with Crippen LogP contribution in [0.15, 0.2) is 42.6 Å². The van der Waals surface area contributed by atoms with Gasteiger partial charge >= 0.3 is 0 Å². The first-order chi connectivity index (χ1) is 12.1. The highest BCUT2D eigenvalue weighted by atomic mass is 32.1. The van der Waals surface area contributed by atoms with Gasteiger partial charge in [0, 0.05) is 35.4 Å². The summed E-state index contributed by atoms with van der Waals surface area (Å²) in [5, 5.41) is 4.42. The van der Waals surface area contributed by atoms with Gasteiger partial charge in [-0.3, -0.25) is 0 Å². The molecule has 0 aliphatic rings. The molecule has 0 fully saturated rings. The lowest BCUT2D eigenvalue weighted by atomic mass is 10.1. The molecule has 0 saturated heterocycles. The second-order valence-corrected chi connectivity index (χ2v) is 5.98. The lowest BCUT2D eigenvalue weighted by molar-refractivity contribution is 0.324. The lowest BCUT2D eigenvalue weighted by Gasteiger charge is -2.15. The number of nitrogens with one attached hydrogen (secondary N) is 1. The minimum atomic E-state index is 0.544. The smallest absolute Gasteiger partial charge is 0.203 e. The molecular weight excluding hydrogens is 336 g/mol. The number of methoxy groups -OCH3 is 3. The first-order valence-corrected chi connectivity index (χ1v) is 8.14. The predicted octanol–water partition coefficient (Wildman–Crippen LogP) is 3.99. The van der Waals surface area contributed by atoms with Crippen LogP contribution >= 0.6 is 12.2 Å². The van der Waals surface area contributed by atoms with E-state index in [0.717, 1.165) is 16.6 Å². The average Bonchev–Trinajstić information content (AvgIpc) is 3.00. The van der Waals surface area contributed by atoms with Gasteiger partial charge in [-0.2, -0.15) is 0 Å². The van der Waals surface area contributed by atoms with Crippen molar-refractivity contribution < 1.29 is 14.2 Å². The van der Waals surface area contributed by atoms with Crippen molar-refractivity contribution in [2.75, 3.05) is 26.6 Å². The van der Waals surface area contributed by atoms with Crippen LogP contribution in [-0.2, 0) is 7.05 Å². The Morgan fingerprint density at radius 1 is 0.960 bits per heavy atom. The van der Waals surface area contributed by atoms with Crippen LogP contribution < -0.4 is 19.5 Å². The summed E-state index contributed by atoms with van der Waals surface area (Å²) in [5.74, 6) is 1.68. The normalized spacial score (nSPS) is 10.6. The van der Waals surface area contributed by atoms with Crippen molar-refractivity contribution >= 4 is 33.8 Å². The SMILES string of the molecule is COc1cc(C(=S)Nc2ccc3c(ccn3C)c2)cc(OC)c1OC. The molecule has 1 aromatic heterocycles. The number of aromatic nitrogens is 1. The number of thiocarbonyl (C=S) groups is 1. The topological polar surface area (TPSA) is 44.7 Å². The molecular formula is C19H20N2O3S. The zero-order valence-electron chi connectivity index (χ0n) is 14.6. The summed E-state index contributed by atoms with van der Waals surface area (Å²) in [5.41, 5.74) is 2.89. The maximum atomic E-state index is 5.56. The minimum absolute atomic E-state index is 0.544. The van der Waals surface area contributed by atoms with E-state index in [1.807, 2.05) is 31.4 Å². The Morgan fingerprint density at radius 2 is 1.64 bits per heavy atom. The van der Waals surface area contributed by atoms with Gasteiger partial charge in [-0.15, -0.1) is 0 Å². The molecule has 3 aromatic rings. The van der Waals surface area contributed by atoms with Crippen molar-refractivity contribution in [3.8, 4) is 17.2 Å². The highest BCUT2D eigenvalue weighted by molar-refractivity contribution is 7.81. The number of hydrogen-bond donors (Lipinski definition) is 1. The molecule has 25 heavy (non-hydrogen) atoms. The molecule has 3 rings (SSSR count). The van der Waals surface area contributed by atoms with E-state index >= 15 is 0 Å². The highest BCUT2D eigenvalue weighted by Gasteiger charge is 2.15. The molecule has 1 heterocycles. The summed E-state index contributed by atoms with van der Waals surface area (Å²) < 4.78 is 18.2. The summed E-state index contributed by atoms with van der Waals surface area (Å²) in [6.07, 6.45) is 2.03. The summed E-state index contributed by atoms with van der Waals surface area (Å²) in [6, 6.07) is 11.9. The Hall–Kier alpha value is -2.73. The zero-order valence-corrected chi connectivity index (χ0v) is 15.4. The highest BCUT2D eigenvalue weighted by Crippen LogP contribution is 2.38. The predicted molar refractivity (Wildman–Crippen MR) is 104 cm³/mol. The molecule has 2 aromatic carbocycles. The van der Waals surface area contributed by atoms with Crippen molar-refractivity contribution in [3.63, 3.8) is 0 Å². The van der Waals surface area contributed by atoms with Crippen LogP contribution in [0.3, 0.4) is 0 Å². The largest absolute Gasteiger partial charge is 0.493 e. The molecule has 130 valence electrons. The third-order valence-electron chi connectivity index (χ3n) is 4.07. The monoisotopic (exact) mass is 356 g/mol. The van der Waals surface area contributed by atoms with Crippen LogP contribution in [0, 0.1) is 0 Å². The van der Waals surface area contributed by atoms with Crippen molar-refractivity contribution in [2.45, 2.75) is 0 Å². The zero-order chi connectivity index (χ0) is 18.0. The van der Waals surface area contributed by atoms with E-state index in [0.29, 0.717) is 22.2 Å². The fraction of sp³-hybridized carbons (Fsp3) is 0.211. The Bertz CT molecular complexity index is 909. The number of hydrogen-bond acceptors (Lipinski definition) is 4.